The number of carbonyl (C=O) groups excluding carboxylic acids is 1. The van der Waals surface area contributed by atoms with E-state index in [9.17, 15) is 13.8 Å². The van der Waals surface area contributed by atoms with Gasteiger partial charge < -0.3 is 19.5 Å². The van der Waals surface area contributed by atoms with Crippen LogP contribution in [0.25, 0.3) is 11.1 Å². The number of benzene rings is 1. The maximum Gasteiger partial charge on any atom is 0.217 e. The predicted octanol–water partition coefficient (Wildman–Crippen LogP) is 2.60. The van der Waals surface area contributed by atoms with Crippen LogP contribution >= 0.6 is 0 Å². The molecule has 0 radical (unpaired) electrons. The lowest BCUT2D eigenvalue weighted by Crippen LogP contribution is -2.26. The van der Waals surface area contributed by atoms with Crippen LogP contribution in [-0.4, -0.2) is 37.7 Å². The minimum Gasteiger partial charge on any atom is -0.493 e. The van der Waals surface area contributed by atoms with Gasteiger partial charge in [0.15, 0.2) is 16.9 Å². The average molecular weight is 432 g/mol. The topological polar surface area (TPSA) is 90.9 Å². The average Bonchev–Trinajstić information content (AvgIpc) is 2.96. The van der Waals surface area contributed by atoms with E-state index in [1.54, 1.807) is 26.4 Å². The number of carbonyl (C=O) groups is 1. The number of hydrogen-bond donors (Lipinski definition) is 1. The molecule has 1 aliphatic rings. The molecule has 0 aromatic heterocycles. The van der Waals surface area contributed by atoms with Crippen LogP contribution in [0.1, 0.15) is 30.5 Å². The van der Waals surface area contributed by atoms with E-state index in [2.05, 4.69) is 5.32 Å². The Bertz CT molecular complexity index is 1080. The minimum absolute atomic E-state index is 0.188. The largest absolute Gasteiger partial charge is 0.493 e. The quantitative estimate of drug-likeness (QED) is 0.783. The number of rotatable bonds is 5. The Balaban J connectivity index is 2.45. The highest BCUT2D eigenvalue weighted by atomic mass is 32.2. The lowest BCUT2D eigenvalue weighted by molar-refractivity contribution is -0.119. The summed E-state index contributed by atoms with van der Waals surface area (Å²) in [6.45, 7) is 1.45. The van der Waals surface area contributed by atoms with Crippen LogP contribution in [0, 0.1) is 0 Å². The number of nitrogens with one attached hydrogen (secondary N) is 1. The van der Waals surface area contributed by atoms with Gasteiger partial charge in [-0.1, -0.05) is 0 Å². The summed E-state index contributed by atoms with van der Waals surface area (Å²) in [7, 11) is 3.15. The molecule has 0 heterocycles. The summed E-state index contributed by atoms with van der Waals surface area (Å²) in [6, 6.07) is 6.27. The maximum absolute atomic E-state index is 12.6. The number of fused-ring (bicyclic) bond motifs is 3. The Morgan fingerprint density at radius 1 is 1.10 bits per heavy atom. The van der Waals surface area contributed by atoms with E-state index >= 15 is 0 Å². The minimum atomic E-state index is -1.48. The highest BCUT2D eigenvalue weighted by Gasteiger charge is 2.29. The van der Waals surface area contributed by atoms with Crippen LogP contribution in [-0.2, 0) is 22.0 Å². The zero-order valence-corrected chi connectivity index (χ0v) is 18.5. The molecular formula is C22H25NO6S. The van der Waals surface area contributed by atoms with Crippen molar-refractivity contribution in [2.24, 2.45) is 0 Å². The molecule has 0 aliphatic heterocycles. The second-order valence-corrected chi connectivity index (χ2v) is 8.35. The van der Waals surface area contributed by atoms with Crippen LogP contribution in [0.5, 0.6) is 17.2 Å². The maximum atomic E-state index is 12.6. The number of hydrogen-bond acceptors (Lipinski definition) is 6. The van der Waals surface area contributed by atoms with Gasteiger partial charge in [-0.15, -0.1) is 0 Å². The van der Waals surface area contributed by atoms with Gasteiger partial charge in [0.2, 0.25) is 11.7 Å². The fraction of sp³-hybridized carbons (Fsp3) is 0.364. The number of methoxy groups -OCH3 is 3. The molecule has 3 rings (SSSR count). The first kappa shape index (κ1) is 21.8. The predicted molar refractivity (Wildman–Crippen MR) is 115 cm³/mol. The van der Waals surface area contributed by atoms with Crippen LogP contribution in [0.4, 0.5) is 0 Å². The van der Waals surface area contributed by atoms with Crippen molar-refractivity contribution in [1.82, 2.24) is 5.32 Å². The summed E-state index contributed by atoms with van der Waals surface area (Å²) in [5, 5.41) is 2.96. The summed E-state index contributed by atoms with van der Waals surface area (Å²) in [5.41, 5.74) is 2.80. The Kier molecular flexibility index (Phi) is 6.45. The monoisotopic (exact) mass is 431 g/mol. The molecule has 2 aromatic rings. The number of ether oxygens (including phenoxy) is 3. The molecule has 1 amide bonds. The van der Waals surface area contributed by atoms with Gasteiger partial charge in [0, 0.05) is 18.7 Å². The Hall–Kier alpha value is -2.87. The Labute approximate surface area is 177 Å². The van der Waals surface area contributed by atoms with E-state index in [0.717, 1.165) is 11.1 Å². The number of aryl methyl sites for hydroxylation is 1. The van der Waals surface area contributed by atoms with Gasteiger partial charge in [0.25, 0.3) is 0 Å². The smallest absolute Gasteiger partial charge is 0.217 e. The van der Waals surface area contributed by atoms with Crippen LogP contribution < -0.4 is 25.0 Å². The van der Waals surface area contributed by atoms with E-state index in [1.165, 1.54) is 26.4 Å². The van der Waals surface area contributed by atoms with Crippen molar-refractivity contribution in [2.45, 2.75) is 30.7 Å². The molecule has 0 fully saturated rings. The molecule has 1 N–H and O–H groups in total. The van der Waals surface area contributed by atoms with Crippen LogP contribution in [0.3, 0.4) is 0 Å². The van der Waals surface area contributed by atoms with Crippen molar-refractivity contribution in [3.05, 3.63) is 45.6 Å². The van der Waals surface area contributed by atoms with Crippen LogP contribution in [0.2, 0.25) is 0 Å². The van der Waals surface area contributed by atoms with E-state index in [0.29, 0.717) is 41.2 Å². The lowest BCUT2D eigenvalue weighted by atomic mass is 9.95. The van der Waals surface area contributed by atoms with Crippen LogP contribution in [0.15, 0.2) is 34.0 Å². The first-order valence-electron chi connectivity index (χ1n) is 9.43. The summed E-state index contributed by atoms with van der Waals surface area (Å²) in [6.07, 6.45) is 2.69. The van der Waals surface area contributed by atoms with Crippen molar-refractivity contribution in [3.63, 3.8) is 0 Å². The molecule has 0 saturated carbocycles. The highest BCUT2D eigenvalue weighted by molar-refractivity contribution is 7.84. The van der Waals surface area contributed by atoms with Gasteiger partial charge in [-0.05, 0) is 53.8 Å². The standard InChI is InChI=1S/C22H25NO6S/c1-12(24)23-16-8-6-13-10-18(27-2)21(28-3)22(29-4)20(13)14-7-9-17(25)19(30(5)26)11-15(14)16/h7,9-11,16H,6,8H2,1-5H3,(H,23,24)/t16-,30?/m0/s1. The molecule has 0 spiro atoms. The fourth-order valence-corrected chi connectivity index (χ4v) is 4.56. The van der Waals surface area contributed by atoms with Crippen molar-refractivity contribution in [1.29, 1.82) is 0 Å². The Morgan fingerprint density at radius 3 is 2.37 bits per heavy atom. The molecule has 30 heavy (non-hydrogen) atoms. The summed E-state index contributed by atoms with van der Waals surface area (Å²) >= 11 is 0. The summed E-state index contributed by atoms with van der Waals surface area (Å²) in [4.78, 5) is 24.7. The van der Waals surface area contributed by atoms with Gasteiger partial charge in [-0.3, -0.25) is 13.8 Å². The molecule has 1 unspecified atom stereocenters. The molecule has 1 aliphatic carbocycles. The third kappa shape index (κ3) is 3.92. The normalized spacial score (nSPS) is 15.8. The third-order valence-electron chi connectivity index (χ3n) is 5.19. The molecule has 2 aromatic carbocycles. The second kappa shape index (κ2) is 8.87. The SMILES string of the molecule is COc1cc2c(c(OC)c1OC)-c1ccc(=O)c(S(C)=O)cc1[C@@H](NC(C)=O)CC2. The molecular weight excluding hydrogens is 406 g/mol. The Morgan fingerprint density at radius 2 is 1.80 bits per heavy atom. The third-order valence-corrected chi connectivity index (χ3v) is 6.13. The molecule has 8 heteroatoms. The second-order valence-electron chi connectivity index (χ2n) is 7.00. The van der Waals surface area contributed by atoms with E-state index in [4.69, 9.17) is 14.2 Å². The molecule has 7 nitrogen and oxygen atoms in total. The first-order chi connectivity index (χ1) is 14.3. The molecule has 2 atom stereocenters. The highest BCUT2D eigenvalue weighted by Crippen LogP contribution is 2.50. The van der Waals surface area contributed by atoms with Crippen molar-refractivity contribution < 1.29 is 23.2 Å². The van der Waals surface area contributed by atoms with E-state index in [1.807, 2.05) is 6.07 Å². The lowest BCUT2D eigenvalue weighted by Gasteiger charge is -2.20. The van der Waals surface area contributed by atoms with Gasteiger partial charge in [0.05, 0.1) is 43.1 Å². The zero-order valence-electron chi connectivity index (χ0n) is 17.7. The zero-order chi connectivity index (χ0) is 22.0. The molecule has 160 valence electrons. The summed E-state index contributed by atoms with van der Waals surface area (Å²) < 4.78 is 29.0. The van der Waals surface area contributed by atoms with Crippen molar-refractivity contribution in [2.75, 3.05) is 27.6 Å². The summed E-state index contributed by atoms with van der Waals surface area (Å²) in [5.74, 6) is 1.27. The number of amides is 1. The van der Waals surface area contributed by atoms with E-state index in [-0.39, 0.29) is 22.3 Å². The van der Waals surface area contributed by atoms with Gasteiger partial charge >= 0.3 is 0 Å². The van der Waals surface area contributed by atoms with Gasteiger partial charge in [-0.25, -0.2) is 0 Å². The van der Waals surface area contributed by atoms with E-state index < -0.39 is 10.8 Å². The molecule has 0 bridgehead atoms. The van der Waals surface area contributed by atoms with Gasteiger partial charge in [-0.2, -0.15) is 0 Å². The van der Waals surface area contributed by atoms with Crippen molar-refractivity contribution >= 4 is 16.7 Å². The van der Waals surface area contributed by atoms with Crippen molar-refractivity contribution in [3.8, 4) is 28.4 Å². The molecule has 0 saturated heterocycles. The van der Waals surface area contributed by atoms with Gasteiger partial charge in [0.1, 0.15) is 0 Å². The first-order valence-corrected chi connectivity index (χ1v) is 11.0. The fourth-order valence-electron chi connectivity index (χ4n) is 3.92.